The molecule has 6 heteroatoms. The van der Waals surface area contributed by atoms with Crippen molar-refractivity contribution in [2.75, 3.05) is 26.7 Å². The molecule has 1 aromatic rings. The van der Waals surface area contributed by atoms with Gasteiger partial charge in [0.1, 0.15) is 0 Å². The smallest absolute Gasteiger partial charge is 0.256 e. The maximum Gasteiger partial charge on any atom is 0.256 e. The first kappa shape index (κ1) is 19.4. The molecule has 25 heavy (non-hydrogen) atoms. The van der Waals surface area contributed by atoms with Crippen molar-refractivity contribution in [3.63, 3.8) is 0 Å². The molecular weight excluding hydrogens is 318 g/mol. The van der Waals surface area contributed by atoms with Gasteiger partial charge in [0.25, 0.3) is 5.91 Å². The van der Waals surface area contributed by atoms with E-state index in [9.17, 15) is 14.7 Å². The molecule has 0 aliphatic carbocycles. The van der Waals surface area contributed by atoms with Crippen molar-refractivity contribution in [2.24, 2.45) is 0 Å². The molecule has 1 atom stereocenters. The average molecular weight is 347 g/mol. The summed E-state index contributed by atoms with van der Waals surface area (Å²) in [5, 5.41) is 16.1. The van der Waals surface area contributed by atoms with Crippen LogP contribution in [-0.2, 0) is 16.1 Å². The molecule has 0 bridgehead atoms. The quantitative estimate of drug-likeness (QED) is 0.687. The van der Waals surface area contributed by atoms with Crippen molar-refractivity contribution in [3.8, 4) is 0 Å². The predicted molar refractivity (Wildman–Crippen MR) is 97.1 cm³/mol. The van der Waals surface area contributed by atoms with Crippen LogP contribution in [0.3, 0.4) is 0 Å². The molecule has 138 valence electrons. The van der Waals surface area contributed by atoms with Gasteiger partial charge in [-0.3, -0.25) is 9.59 Å². The fourth-order valence-electron chi connectivity index (χ4n) is 3.08. The van der Waals surface area contributed by atoms with Crippen molar-refractivity contribution >= 4 is 11.8 Å². The molecule has 0 aromatic heterocycles. The number of nitrogens with zero attached hydrogens (tertiary/aromatic N) is 1. The SMILES string of the molecule is CNC(=O)CNC[C@@]1(O)CCCN(Cc2ccc(C(C)C)cc2)C1=O. The van der Waals surface area contributed by atoms with Crippen LogP contribution < -0.4 is 10.6 Å². The molecule has 1 aromatic carbocycles. The molecule has 1 aliphatic heterocycles. The molecule has 6 nitrogen and oxygen atoms in total. The molecule has 1 fully saturated rings. The number of hydrogen-bond donors (Lipinski definition) is 3. The number of carbonyl (C=O) groups excluding carboxylic acids is 2. The lowest BCUT2D eigenvalue weighted by Gasteiger charge is -2.38. The third kappa shape index (κ3) is 5.03. The van der Waals surface area contributed by atoms with E-state index in [1.807, 2.05) is 12.1 Å². The van der Waals surface area contributed by atoms with Crippen LogP contribution in [0.4, 0.5) is 0 Å². The zero-order chi connectivity index (χ0) is 18.4. The van der Waals surface area contributed by atoms with Gasteiger partial charge in [0.05, 0.1) is 6.54 Å². The third-order valence-corrected chi connectivity index (χ3v) is 4.71. The molecule has 1 aliphatic rings. The van der Waals surface area contributed by atoms with Gasteiger partial charge in [0.2, 0.25) is 5.91 Å². The second-order valence-corrected chi connectivity index (χ2v) is 7.03. The Morgan fingerprint density at radius 3 is 2.60 bits per heavy atom. The van der Waals surface area contributed by atoms with Gasteiger partial charge in [-0.05, 0) is 29.9 Å². The number of likely N-dealkylation sites (N-methyl/N-ethyl adjacent to an activating group) is 1. The second kappa shape index (κ2) is 8.45. The number of amides is 2. The summed E-state index contributed by atoms with van der Waals surface area (Å²) in [5.74, 6) is 0.0344. The fraction of sp³-hybridized carbons (Fsp3) is 0.579. The van der Waals surface area contributed by atoms with E-state index in [0.29, 0.717) is 25.4 Å². The predicted octanol–water partition coefficient (Wildman–Crippen LogP) is 0.999. The molecule has 0 unspecified atom stereocenters. The Kier molecular flexibility index (Phi) is 6.56. The van der Waals surface area contributed by atoms with Crippen molar-refractivity contribution in [1.82, 2.24) is 15.5 Å². The minimum Gasteiger partial charge on any atom is -0.379 e. The van der Waals surface area contributed by atoms with Gasteiger partial charge >= 0.3 is 0 Å². The van der Waals surface area contributed by atoms with E-state index in [1.54, 1.807) is 11.9 Å². The highest BCUT2D eigenvalue weighted by atomic mass is 16.3. The van der Waals surface area contributed by atoms with E-state index in [-0.39, 0.29) is 24.9 Å². The Hall–Kier alpha value is -1.92. The van der Waals surface area contributed by atoms with Crippen molar-refractivity contribution < 1.29 is 14.7 Å². The minimum absolute atomic E-state index is 0.0854. The van der Waals surface area contributed by atoms with Gasteiger partial charge in [0, 0.05) is 26.7 Å². The van der Waals surface area contributed by atoms with E-state index in [0.717, 1.165) is 12.0 Å². The van der Waals surface area contributed by atoms with E-state index in [2.05, 4.69) is 36.6 Å². The summed E-state index contributed by atoms with van der Waals surface area (Å²) < 4.78 is 0. The minimum atomic E-state index is -1.44. The first-order valence-electron chi connectivity index (χ1n) is 8.87. The summed E-state index contributed by atoms with van der Waals surface area (Å²) >= 11 is 0. The number of hydrogen-bond acceptors (Lipinski definition) is 4. The van der Waals surface area contributed by atoms with E-state index < -0.39 is 5.60 Å². The summed E-state index contributed by atoms with van der Waals surface area (Å²) in [5.41, 5.74) is 0.883. The normalized spacial score (nSPS) is 20.8. The first-order valence-corrected chi connectivity index (χ1v) is 8.87. The lowest BCUT2D eigenvalue weighted by Crippen LogP contribution is -2.58. The van der Waals surface area contributed by atoms with Crippen molar-refractivity contribution in [1.29, 1.82) is 0 Å². The van der Waals surface area contributed by atoms with Crippen LogP contribution in [0, 0.1) is 0 Å². The fourth-order valence-corrected chi connectivity index (χ4v) is 3.08. The number of piperidine rings is 1. The lowest BCUT2D eigenvalue weighted by molar-refractivity contribution is -0.157. The van der Waals surface area contributed by atoms with E-state index >= 15 is 0 Å². The highest BCUT2D eigenvalue weighted by molar-refractivity contribution is 5.86. The number of nitrogens with one attached hydrogen (secondary N) is 2. The Balaban J connectivity index is 1.97. The van der Waals surface area contributed by atoms with E-state index in [4.69, 9.17) is 0 Å². The largest absolute Gasteiger partial charge is 0.379 e. The van der Waals surface area contributed by atoms with Crippen LogP contribution in [0.2, 0.25) is 0 Å². The molecule has 0 spiro atoms. The average Bonchev–Trinajstić information content (AvgIpc) is 2.59. The van der Waals surface area contributed by atoms with Crippen LogP contribution in [-0.4, -0.2) is 54.1 Å². The second-order valence-electron chi connectivity index (χ2n) is 7.03. The van der Waals surface area contributed by atoms with Crippen LogP contribution in [0.1, 0.15) is 43.7 Å². The zero-order valence-corrected chi connectivity index (χ0v) is 15.3. The number of benzene rings is 1. The summed E-state index contributed by atoms with van der Waals surface area (Å²) in [6, 6.07) is 8.26. The first-order chi connectivity index (χ1) is 11.9. The maximum atomic E-state index is 12.7. The number of likely N-dealkylation sites (tertiary alicyclic amines) is 1. The number of rotatable bonds is 7. The maximum absolute atomic E-state index is 12.7. The zero-order valence-electron chi connectivity index (χ0n) is 15.3. The summed E-state index contributed by atoms with van der Waals surface area (Å²) in [6.07, 6.45) is 1.16. The third-order valence-electron chi connectivity index (χ3n) is 4.71. The molecule has 3 N–H and O–H groups in total. The molecule has 2 rings (SSSR count). The standard InChI is InChI=1S/C19H29N3O3/c1-14(2)16-7-5-15(6-8-16)12-22-10-4-9-19(25,18(22)24)13-21-11-17(23)20-3/h5-8,14,21,25H,4,9-13H2,1-3H3,(H,20,23)/t19-/m0/s1. The Morgan fingerprint density at radius 1 is 1.32 bits per heavy atom. The van der Waals surface area contributed by atoms with Crippen molar-refractivity contribution in [3.05, 3.63) is 35.4 Å². The van der Waals surface area contributed by atoms with Gasteiger partial charge in [-0.1, -0.05) is 38.1 Å². The highest BCUT2D eigenvalue weighted by Gasteiger charge is 2.41. The molecule has 1 heterocycles. The molecule has 1 saturated heterocycles. The monoisotopic (exact) mass is 347 g/mol. The summed E-state index contributed by atoms with van der Waals surface area (Å²) in [7, 11) is 1.55. The summed E-state index contributed by atoms with van der Waals surface area (Å²) in [4.78, 5) is 25.7. The molecule has 0 radical (unpaired) electrons. The molecular formula is C19H29N3O3. The number of aliphatic hydroxyl groups is 1. The highest BCUT2D eigenvalue weighted by Crippen LogP contribution is 2.24. The van der Waals surface area contributed by atoms with Gasteiger partial charge < -0.3 is 20.6 Å². The van der Waals surface area contributed by atoms with Gasteiger partial charge in [-0.25, -0.2) is 0 Å². The molecule has 0 saturated carbocycles. The Morgan fingerprint density at radius 2 is 2.00 bits per heavy atom. The van der Waals surface area contributed by atoms with Crippen LogP contribution in [0.5, 0.6) is 0 Å². The van der Waals surface area contributed by atoms with Crippen LogP contribution in [0.15, 0.2) is 24.3 Å². The summed E-state index contributed by atoms with van der Waals surface area (Å²) in [6.45, 7) is 5.60. The van der Waals surface area contributed by atoms with Crippen LogP contribution >= 0.6 is 0 Å². The van der Waals surface area contributed by atoms with Gasteiger partial charge in [0.15, 0.2) is 5.60 Å². The van der Waals surface area contributed by atoms with Gasteiger partial charge in [-0.15, -0.1) is 0 Å². The molecule has 2 amide bonds. The Labute approximate surface area is 149 Å². The van der Waals surface area contributed by atoms with Crippen molar-refractivity contribution in [2.45, 2.75) is 44.8 Å². The Bertz CT molecular complexity index is 600. The van der Waals surface area contributed by atoms with Crippen LogP contribution in [0.25, 0.3) is 0 Å². The number of carbonyl (C=O) groups is 2. The van der Waals surface area contributed by atoms with E-state index in [1.165, 1.54) is 5.56 Å². The lowest BCUT2D eigenvalue weighted by atomic mass is 9.91. The topological polar surface area (TPSA) is 81.7 Å². The van der Waals surface area contributed by atoms with Gasteiger partial charge in [-0.2, -0.15) is 0 Å².